The Morgan fingerprint density at radius 2 is 1.49 bits per heavy atom. The molecule has 3 heterocycles. The van der Waals surface area contributed by atoms with Gasteiger partial charge in [0.15, 0.2) is 11.2 Å². The van der Waals surface area contributed by atoms with Crippen LogP contribution < -0.4 is 16.1 Å². The second-order valence-corrected chi connectivity index (χ2v) is 13.3. The molecule has 0 saturated heterocycles. The number of anilines is 2. The van der Waals surface area contributed by atoms with Crippen LogP contribution in [0.4, 0.5) is 11.4 Å². The zero-order valence-electron chi connectivity index (χ0n) is 29.9. The highest BCUT2D eigenvalue weighted by molar-refractivity contribution is 6.12. The Hall–Kier alpha value is -6.45. The summed E-state index contributed by atoms with van der Waals surface area (Å²) in [4.78, 5) is 50.9. The molecule has 3 aromatic heterocycles. The van der Waals surface area contributed by atoms with E-state index in [0.29, 0.717) is 27.9 Å². The fourth-order valence-corrected chi connectivity index (χ4v) is 6.46. The lowest BCUT2D eigenvalue weighted by molar-refractivity contribution is 0.0997. The number of nitrogens with one attached hydrogen (secondary N) is 2. The molecular weight excluding hydrogens is 663 g/mol. The van der Waals surface area contributed by atoms with Gasteiger partial charge in [0, 0.05) is 55.4 Å². The number of hydrogen-bond donors (Lipinski definition) is 2. The van der Waals surface area contributed by atoms with Crippen molar-refractivity contribution in [3.63, 3.8) is 0 Å². The smallest absolute Gasteiger partial charge is 0.291 e. The molecule has 0 aliphatic heterocycles. The summed E-state index contributed by atoms with van der Waals surface area (Å²) in [5.74, 6) is -1.14. The normalized spacial score (nSPS) is 11.2. The maximum Gasteiger partial charge on any atom is 0.291 e. The van der Waals surface area contributed by atoms with E-state index >= 15 is 0 Å². The number of hydrogen-bond acceptors (Lipinski definition) is 7. The van der Waals surface area contributed by atoms with Gasteiger partial charge in [-0.25, -0.2) is 0 Å². The van der Waals surface area contributed by atoms with Gasteiger partial charge in [0.1, 0.15) is 5.58 Å². The molecule has 7 rings (SSSR count). The first-order valence-corrected chi connectivity index (χ1v) is 17.5. The van der Waals surface area contributed by atoms with Crippen molar-refractivity contribution in [1.29, 1.82) is 0 Å². The zero-order chi connectivity index (χ0) is 36.9. The second kappa shape index (κ2) is 15.4. The van der Waals surface area contributed by atoms with Crippen LogP contribution in [-0.4, -0.2) is 33.2 Å². The molecule has 0 unspecified atom stereocenters. The van der Waals surface area contributed by atoms with Crippen LogP contribution in [0.25, 0.3) is 21.9 Å². The van der Waals surface area contributed by atoms with Gasteiger partial charge < -0.3 is 15.1 Å². The van der Waals surface area contributed by atoms with E-state index in [1.54, 1.807) is 42.6 Å². The molecule has 0 radical (unpaired) electrons. The molecule has 0 saturated carbocycles. The summed E-state index contributed by atoms with van der Waals surface area (Å²) in [5.41, 5.74) is 8.69. The van der Waals surface area contributed by atoms with E-state index in [0.717, 1.165) is 64.8 Å². The van der Waals surface area contributed by atoms with Crippen LogP contribution in [0.2, 0.25) is 0 Å². The number of fused-ring (bicyclic) bond motifs is 2. The highest BCUT2D eigenvalue weighted by Crippen LogP contribution is 2.25. The van der Waals surface area contributed by atoms with Crippen LogP contribution >= 0.6 is 0 Å². The summed E-state index contributed by atoms with van der Waals surface area (Å²) in [6.45, 7) is 8.21. The number of aromatic nitrogens is 2. The molecule has 2 N–H and O–H groups in total. The number of pyridine rings is 2. The highest BCUT2D eigenvalue weighted by Gasteiger charge is 2.19. The maximum atomic E-state index is 13.7. The Labute approximate surface area is 307 Å². The van der Waals surface area contributed by atoms with Crippen molar-refractivity contribution in [3.8, 4) is 0 Å². The third-order valence-corrected chi connectivity index (χ3v) is 9.50. The first kappa shape index (κ1) is 35.0. The standard InChI is InChI=1S/C44H39N5O4/c1-28-12-15-33(35-10-7-20-46-42(28)35)27-49(26-32-8-6-19-45-25-32)21-18-31-13-16-34(17-14-31)47-43(51)37-22-29(2)30(3)23-38(37)48-44(52)41-24-39(50)36-9-4-5-11-40(36)53-41/h4-17,19-20,22-25H,18,21,26-27H2,1-3H3,(H,47,51)(H,48,52). The molecule has 0 fully saturated rings. The van der Waals surface area contributed by atoms with Gasteiger partial charge in [-0.05, 0) is 109 Å². The predicted octanol–water partition coefficient (Wildman–Crippen LogP) is 8.41. The fourth-order valence-electron chi connectivity index (χ4n) is 6.46. The van der Waals surface area contributed by atoms with Crippen LogP contribution in [0.1, 0.15) is 54.3 Å². The average Bonchev–Trinajstić information content (AvgIpc) is 3.17. The molecule has 9 nitrogen and oxygen atoms in total. The summed E-state index contributed by atoms with van der Waals surface area (Å²) in [6.07, 6.45) is 6.34. The first-order valence-electron chi connectivity index (χ1n) is 17.5. The van der Waals surface area contributed by atoms with Crippen LogP contribution in [-0.2, 0) is 19.5 Å². The molecule has 0 atom stereocenters. The van der Waals surface area contributed by atoms with Crippen LogP contribution in [0.5, 0.6) is 0 Å². The van der Waals surface area contributed by atoms with E-state index in [9.17, 15) is 14.4 Å². The topological polar surface area (TPSA) is 117 Å². The van der Waals surface area contributed by atoms with Gasteiger partial charge in [-0.2, -0.15) is 0 Å². The maximum absolute atomic E-state index is 13.7. The summed E-state index contributed by atoms with van der Waals surface area (Å²) >= 11 is 0. The van der Waals surface area contributed by atoms with E-state index in [1.807, 2.05) is 62.6 Å². The monoisotopic (exact) mass is 701 g/mol. The van der Waals surface area contributed by atoms with Gasteiger partial charge in [0.05, 0.1) is 22.2 Å². The van der Waals surface area contributed by atoms with Crippen molar-refractivity contribution >= 4 is 45.1 Å². The lowest BCUT2D eigenvalue weighted by Gasteiger charge is -2.23. The zero-order valence-corrected chi connectivity index (χ0v) is 29.9. The Balaban J connectivity index is 1.05. The Morgan fingerprint density at radius 1 is 0.717 bits per heavy atom. The predicted molar refractivity (Wildman–Crippen MR) is 209 cm³/mol. The van der Waals surface area contributed by atoms with Gasteiger partial charge in [-0.15, -0.1) is 0 Å². The fraction of sp³-hybridized carbons (Fsp3) is 0.159. The Bertz CT molecular complexity index is 2510. The van der Waals surface area contributed by atoms with Crippen molar-refractivity contribution in [2.45, 2.75) is 40.3 Å². The number of rotatable bonds is 11. The average molecular weight is 702 g/mol. The van der Waals surface area contributed by atoms with Crippen molar-refractivity contribution in [1.82, 2.24) is 14.9 Å². The minimum Gasteiger partial charge on any atom is -0.451 e. The van der Waals surface area contributed by atoms with Crippen LogP contribution in [0, 0.1) is 20.8 Å². The van der Waals surface area contributed by atoms with Crippen molar-refractivity contribution in [2.75, 3.05) is 17.2 Å². The number of aryl methyl sites for hydroxylation is 3. The largest absolute Gasteiger partial charge is 0.451 e. The molecule has 9 heteroatoms. The summed E-state index contributed by atoms with van der Waals surface area (Å²) in [7, 11) is 0. The number of nitrogens with zero attached hydrogens (tertiary/aromatic N) is 3. The molecular formula is C44H39N5O4. The lowest BCUT2D eigenvalue weighted by atomic mass is 10.0. The molecule has 2 amide bonds. The highest BCUT2D eigenvalue weighted by atomic mass is 16.3. The Kier molecular flexibility index (Phi) is 10.2. The number of para-hydroxylation sites is 1. The SMILES string of the molecule is Cc1cc(NC(=O)c2cc(=O)c3ccccc3o2)c(C(=O)Nc2ccc(CCN(Cc3cccnc3)Cc3ccc(C)c4ncccc34)cc2)cc1C. The third-order valence-electron chi connectivity index (χ3n) is 9.50. The molecule has 7 aromatic rings. The summed E-state index contributed by atoms with van der Waals surface area (Å²) in [5, 5.41) is 7.32. The molecule has 53 heavy (non-hydrogen) atoms. The van der Waals surface area contributed by atoms with E-state index in [-0.39, 0.29) is 17.1 Å². The quantitative estimate of drug-likeness (QED) is 0.139. The molecule has 0 spiro atoms. The molecule has 0 bridgehead atoms. The van der Waals surface area contributed by atoms with E-state index in [1.165, 1.54) is 11.6 Å². The molecule has 0 aliphatic carbocycles. The molecule has 4 aromatic carbocycles. The van der Waals surface area contributed by atoms with E-state index in [4.69, 9.17) is 4.42 Å². The minimum absolute atomic E-state index is 0.142. The number of carbonyl (C=O) groups excluding carboxylic acids is 2. The van der Waals surface area contributed by atoms with E-state index in [2.05, 4.69) is 56.7 Å². The van der Waals surface area contributed by atoms with Crippen LogP contribution in [0.15, 0.2) is 131 Å². The number of amides is 2. The van der Waals surface area contributed by atoms with E-state index < -0.39 is 5.91 Å². The second-order valence-electron chi connectivity index (χ2n) is 13.3. The van der Waals surface area contributed by atoms with Crippen molar-refractivity contribution < 1.29 is 14.0 Å². The lowest BCUT2D eigenvalue weighted by Crippen LogP contribution is -2.25. The van der Waals surface area contributed by atoms with Gasteiger partial charge in [0.2, 0.25) is 0 Å². The Morgan fingerprint density at radius 3 is 2.30 bits per heavy atom. The third kappa shape index (κ3) is 8.06. The summed E-state index contributed by atoms with van der Waals surface area (Å²) < 4.78 is 5.73. The van der Waals surface area contributed by atoms with Crippen LogP contribution in [0.3, 0.4) is 0 Å². The van der Waals surface area contributed by atoms with Gasteiger partial charge in [-0.3, -0.25) is 29.3 Å². The summed E-state index contributed by atoms with van der Waals surface area (Å²) in [6, 6.07) is 31.7. The van der Waals surface area contributed by atoms with Crippen molar-refractivity contribution in [3.05, 3.63) is 177 Å². The van der Waals surface area contributed by atoms with Crippen molar-refractivity contribution in [2.24, 2.45) is 0 Å². The number of benzene rings is 4. The molecule has 0 aliphatic rings. The van der Waals surface area contributed by atoms with Gasteiger partial charge in [-0.1, -0.05) is 48.5 Å². The minimum atomic E-state index is -0.626. The van der Waals surface area contributed by atoms with Gasteiger partial charge >= 0.3 is 0 Å². The molecule has 264 valence electrons. The first-order chi connectivity index (χ1) is 25.7. The van der Waals surface area contributed by atoms with Gasteiger partial charge in [0.25, 0.3) is 11.8 Å². The number of carbonyl (C=O) groups is 2.